The Bertz CT molecular complexity index is 805. The van der Waals surface area contributed by atoms with Gasteiger partial charge in [-0.3, -0.25) is 0 Å². The first-order chi connectivity index (χ1) is 14.5. The van der Waals surface area contributed by atoms with Crippen LogP contribution in [0.2, 0.25) is 0 Å². The molecule has 30 heavy (non-hydrogen) atoms. The number of fused-ring (bicyclic) bond motifs is 1. The lowest BCUT2D eigenvalue weighted by Crippen LogP contribution is -2.37. The fraction of sp³-hybridized carbons (Fsp3) is 0.571. The molecule has 4 rings (SSSR count). The highest BCUT2D eigenvalue weighted by atomic mass is 16.5. The predicted octanol–water partition coefficient (Wildman–Crippen LogP) is 6.87. The van der Waals surface area contributed by atoms with E-state index < -0.39 is 0 Å². The van der Waals surface area contributed by atoms with Crippen LogP contribution in [-0.2, 0) is 0 Å². The molecule has 0 aromatic heterocycles. The molecule has 2 heteroatoms. The maximum absolute atomic E-state index is 10.1. The molecule has 0 aliphatic heterocycles. The zero-order chi connectivity index (χ0) is 21.1. The summed E-state index contributed by atoms with van der Waals surface area (Å²) >= 11 is 0. The maximum Gasteiger partial charge on any atom is 0.119 e. The molecular weight excluding hydrogens is 368 g/mol. The van der Waals surface area contributed by atoms with Crippen molar-refractivity contribution < 1.29 is 9.84 Å². The summed E-state index contributed by atoms with van der Waals surface area (Å²) in [6.45, 7) is 9.73. The fourth-order valence-electron chi connectivity index (χ4n) is 6.43. The molecule has 3 aliphatic rings. The number of hydrogen-bond donors (Lipinski definition) is 1. The van der Waals surface area contributed by atoms with Gasteiger partial charge in [-0.15, -0.1) is 0 Å². The third-order valence-corrected chi connectivity index (χ3v) is 8.21. The van der Waals surface area contributed by atoms with Gasteiger partial charge in [0.05, 0.1) is 12.7 Å². The monoisotopic (exact) mass is 406 g/mol. The van der Waals surface area contributed by atoms with E-state index in [1.54, 1.807) is 5.57 Å². The molecule has 0 amide bonds. The second kappa shape index (κ2) is 9.14. The van der Waals surface area contributed by atoms with E-state index in [0.717, 1.165) is 43.1 Å². The van der Waals surface area contributed by atoms with Crippen LogP contribution >= 0.6 is 0 Å². The Morgan fingerprint density at radius 1 is 1.17 bits per heavy atom. The predicted molar refractivity (Wildman–Crippen MR) is 124 cm³/mol. The highest BCUT2D eigenvalue weighted by molar-refractivity contribution is 5.28. The van der Waals surface area contributed by atoms with E-state index in [1.807, 2.05) is 18.2 Å². The van der Waals surface area contributed by atoms with Gasteiger partial charge in [-0.2, -0.15) is 0 Å². The Morgan fingerprint density at radius 2 is 1.97 bits per heavy atom. The molecule has 3 saturated carbocycles. The van der Waals surface area contributed by atoms with Crippen molar-refractivity contribution in [3.63, 3.8) is 0 Å². The second-order valence-corrected chi connectivity index (χ2v) is 10.1. The molecule has 5 atom stereocenters. The number of hydrogen-bond acceptors (Lipinski definition) is 2. The lowest BCUT2D eigenvalue weighted by atomic mass is 9.61. The summed E-state index contributed by atoms with van der Waals surface area (Å²) in [6.07, 6.45) is 13.6. The van der Waals surface area contributed by atoms with Gasteiger partial charge in [0.25, 0.3) is 0 Å². The number of benzene rings is 1. The number of ether oxygens (including phenoxy) is 1. The van der Waals surface area contributed by atoms with Gasteiger partial charge in [0.2, 0.25) is 0 Å². The summed E-state index contributed by atoms with van der Waals surface area (Å²) in [6, 6.07) is 10.2. The SMILES string of the molecule is C=C1CC/C(=C/C=C2\CCCC3(C)C2CCC3[C@H](C)COc2ccccc2)CC1O. The molecule has 0 saturated heterocycles. The van der Waals surface area contributed by atoms with Gasteiger partial charge in [-0.25, -0.2) is 0 Å². The molecule has 1 aromatic rings. The normalized spacial score (nSPS) is 35.4. The molecule has 0 spiro atoms. The summed E-state index contributed by atoms with van der Waals surface area (Å²) in [5, 5.41) is 10.1. The Balaban J connectivity index is 1.43. The molecule has 1 aromatic carbocycles. The van der Waals surface area contributed by atoms with Crippen LogP contribution in [0.1, 0.15) is 65.2 Å². The topological polar surface area (TPSA) is 29.5 Å². The first-order valence-electron chi connectivity index (χ1n) is 11.9. The molecule has 1 N–H and O–H groups in total. The lowest BCUT2D eigenvalue weighted by molar-refractivity contribution is 0.0747. The Hall–Kier alpha value is -1.80. The molecule has 2 nitrogen and oxygen atoms in total. The molecular formula is C28H38O2. The molecule has 3 fully saturated rings. The van der Waals surface area contributed by atoms with Gasteiger partial charge in [0, 0.05) is 0 Å². The van der Waals surface area contributed by atoms with Crippen molar-refractivity contribution in [2.75, 3.05) is 6.61 Å². The van der Waals surface area contributed by atoms with Crippen LogP contribution in [0.25, 0.3) is 0 Å². The zero-order valence-electron chi connectivity index (χ0n) is 18.8. The summed E-state index contributed by atoms with van der Waals surface area (Å²) in [5.41, 5.74) is 4.42. The quantitative estimate of drug-likeness (QED) is 0.541. The summed E-state index contributed by atoms with van der Waals surface area (Å²) in [5.74, 6) is 2.98. The van der Waals surface area contributed by atoms with Crippen LogP contribution in [0.4, 0.5) is 0 Å². The van der Waals surface area contributed by atoms with Gasteiger partial charge in [0.1, 0.15) is 5.75 Å². The minimum Gasteiger partial charge on any atom is -0.493 e. The van der Waals surface area contributed by atoms with Crippen molar-refractivity contribution in [3.8, 4) is 5.75 Å². The van der Waals surface area contributed by atoms with Crippen molar-refractivity contribution in [2.24, 2.45) is 23.2 Å². The van der Waals surface area contributed by atoms with Crippen molar-refractivity contribution in [3.05, 3.63) is 65.8 Å². The highest BCUT2D eigenvalue weighted by Gasteiger charge is 2.50. The van der Waals surface area contributed by atoms with Crippen LogP contribution in [0.5, 0.6) is 5.75 Å². The van der Waals surface area contributed by atoms with E-state index in [0.29, 0.717) is 17.3 Å². The van der Waals surface area contributed by atoms with E-state index in [2.05, 4.69) is 44.7 Å². The highest BCUT2D eigenvalue weighted by Crippen LogP contribution is 2.59. The lowest BCUT2D eigenvalue weighted by Gasteiger charge is -2.44. The van der Waals surface area contributed by atoms with Gasteiger partial charge in [-0.05, 0) is 92.2 Å². The Kier molecular flexibility index (Phi) is 6.53. The summed E-state index contributed by atoms with van der Waals surface area (Å²) in [4.78, 5) is 0. The maximum atomic E-state index is 10.1. The van der Waals surface area contributed by atoms with Crippen molar-refractivity contribution >= 4 is 0 Å². The number of aliphatic hydroxyl groups is 1. The van der Waals surface area contributed by atoms with Crippen LogP contribution in [-0.4, -0.2) is 17.8 Å². The fourth-order valence-corrected chi connectivity index (χ4v) is 6.43. The molecule has 3 aliphatic carbocycles. The Labute approximate surface area is 182 Å². The number of aliphatic hydroxyl groups excluding tert-OH is 1. The second-order valence-electron chi connectivity index (χ2n) is 10.1. The number of para-hydroxylation sites is 1. The molecule has 4 unspecified atom stereocenters. The van der Waals surface area contributed by atoms with Crippen molar-refractivity contribution in [1.82, 2.24) is 0 Å². The first-order valence-corrected chi connectivity index (χ1v) is 11.9. The van der Waals surface area contributed by atoms with Gasteiger partial charge in [0.15, 0.2) is 0 Å². The molecule has 0 radical (unpaired) electrons. The molecule has 162 valence electrons. The Morgan fingerprint density at radius 3 is 2.73 bits per heavy atom. The van der Waals surface area contributed by atoms with Crippen molar-refractivity contribution in [1.29, 1.82) is 0 Å². The van der Waals surface area contributed by atoms with Crippen LogP contribution in [0.3, 0.4) is 0 Å². The van der Waals surface area contributed by atoms with Gasteiger partial charge < -0.3 is 9.84 Å². The number of allylic oxidation sites excluding steroid dienone is 3. The standard InChI is InChI=1S/C28H38O2/c1-20-11-12-22(18-27(20)29)13-14-23-8-7-17-28(3)25(15-16-26(23)28)21(2)19-30-24-9-5-4-6-10-24/h4-6,9-10,13-14,21,25-27,29H,1,7-8,11-12,15-19H2,2-3H3/b22-13-,23-14+/t21-,25?,26?,27?,28?/m1/s1. The minimum atomic E-state index is -0.346. The molecule has 0 heterocycles. The van der Waals surface area contributed by atoms with Crippen LogP contribution in [0.15, 0.2) is 65.8 Å². The average Bonchev–Trinajstić information content (AvgIpc) is 3.11. The zero-order valence-corrected chi connectivity index (χ0v) is 18.8. The van der Waals surface area contributed by atoms with Crippen molar-refractivity contribution in [2.45, 2.75) is 71.3 Å². The van der Waals surface area contributed by atoms with E-state index in [9.17, 15) is 5.11 Å². The third kappa shape index (κ3) is 4.44. The van der Waals surface area contributed by atoms with Crippen LogP contribution < -0.4 is 4.74 Å². The average molecular weight is 407 g/mol. The smallest absolute Gasteiger partial charge is 0.119 e. The molecule has 0 bridgehead atoms. The number of rotatable bonds is 5. The van der Waals surface area contributed by atoms with Crippen LogP contribution in [0, 0.1) is 23.2 Å². The van der Waals surface area contributed by atoms with E-state index in [1.165, 1.54) is 37.7 Å². The van der Waals surface area contributed by atoms with E-state index in [-0.39, 0.29) is 6.10 Å². The summed E-state index contributed by atoms with van der Waals surface area (Å²) < 4.78 is 6.12. The van der Waals surface area contributed by atoms with E-state index >= 15 is 0 Å². The third-order valence-electron chi connectivity index (χ3n) is 8.21. The first kappa shape index (κ1) is 21.4. The van der Waals surface area contributed by atoms with Gasteiger partial charge >= 0.3 is 0 Å². The summed E-state index contributed by atoms with van der Waals surface area (Å²) in [7, 11) is 0. The minimum absolute atomic E-state index is 0.346. The van der Waals surface area contributed by atoms with Gasteiger partial charge in [-0.1, -0.05) is 61.9 Å². The largest absolute Gasteiger partial charge is 0.493 e. The van der Waals surface area contributed by atoms with E-state index in [4.69, 9.17) is 4.74 Å².